The summed E-state index contributed by atoms with van der Waals surface area (Å²) in [7, 11) is 0. The molecule has 0 aliphatic carbocycles. The molecule has 1 aliphatic heterocycles. The van der Waals surface area contributed by atoms with Crippen molar-refractivity contribution in [3.8, 4) is 5.75 Å². The van der Waals surface area contributed by atoms with Gasteiger partial charge in [-0.05, 0) is 56.8 Å². The minimum Gasteiger partial charge on any atom is -0.491 e. The quantitative estimate of drug-likeness (QED) is 0.642. The number of carbonyl (C=O) groups excluding carboxylic acids is 1. The van der Waals surface area contributed by atoms with Crippen LogP contribution in [0.4, 0.5) is 0 Å². The lowest BCUT2D eigenvalue weighted by molar-refractivity contribution is -0.149. The monoisotopic (exact) mass is 399 g/mol. The zero-order valence-electron chi connectivity index (χ0n) is 16.7. The average molecular weight is 400 g/mol. The second-order valence-electron chi connectivity index (χ2n) is 7.14. The summed E-state index contributed by atoms with van der Waals surface area (Å²) < 4.78 is 11.0. The van der Waals surface area contributed by atoms with E-state index in [-0.39, 0.29) is 30.9 Å². The van der Waals surface area contributed by atoms with Crippen molar-refractivity contribution < 1.29 is 19.4 Å². The number of benzene rings is 1. The third-order valence-electron chi connectivity index (χ3n) is 5.17. The largest absolute Gasteiger partial charge is 0.491 e. The van der Waals surface area contributed by atoms with E-state index in [9.17, 15) is 9.90 Å². The van der Waals surface area contributed by atoms with E-state index >= 15 is 0 Å². The fourth-order valence-electron chi connectivity index (χ4n) is 3.39. The Bertz CT molecular complexity index is 561. The van der Waals surface area contributed by atoms with Crippen molar-refractivity contribution in [2.45, 2.75) is 52.1 Å². The average Bonchev–Trinajstić information content (AvgIpc) is 2.66. The van der Waals surface area contributed by atoms with E-state index < -0.39 is 6.10 Å². The van der Waals surface area contributed by atoms with Crippen molar-refractivity contribution in [1.82, 2.24) is 4.90 Å². The van der Waals surface area contributed by atoms with Crippen LogP contribution in [0.3, 0.4) is 0 Å². The first kappa shape index (κ1) is 23.7. The Kier molecular flexibility index (Phi) is 10.7. The molecular weight excluding hydrogens is 366 g/mol. The molecule has 0 saturated carbocycles. The number of likely N-dealkylation sites (tertiary alicyclic amines) is 1. The Labute approximate surface area is 169 Å². The van der Waals surface area contributed by atoms with Gasteiger partial charge in [0.15, 0.2) is 0 Å². The maximum Gasteiger partial charge on any atom is 0.309 e. The van der Waals surface area contributed by atoms with Gasteiger partial charge in [0.2, 0.25) is 0 Å². The second kappa shape index (κ2) is 12.2. The highest BCUT2D eigenvalue weighted by atomic mass is 35.5. The normalized spacial score (nSPS) is 17.6. The lowest BCUT2D eigenvalue weighted by Gasteiger charge is -2.32. The number of β-amino-alcohol motifs (C(OH)–C–C–N with tert-alkyl or cyclic N) is 1. The van der Waals surface area contributed by atoms with Gasteiger partial charge in [-0.1, -0.05) is 32.0 Å². The first-order valence-electron chi connectivity index (χ1n) is 9.83. The highest BCUT2D eigenvalue weighted by Gasteiger charge is 2.27. The number of ether oxygens (including phenoxy) is 2. The molecule has 1 fully saturated rings. The maximum atomic E-state index is 11.8. The zero-order valence-corrected chi connectivity index (χ0v) is 17.5. The van der Waals surface area contributed by atoms with Gasteiger partial charge in [-0.15, -0.1) is 12.4 Å². The predicted octanol–water partition coefficient (Wildman–Crippen LogP) is 3.64. The molecule has 0 spiro atoms. The summed E-state index contributed by atoms with van der Waals surface area (Å²) in [6.07, 6.45) is 2.10. The molecule has 2 rings (SSSR count). The van der Waals surface area contributed by atoms with Crippen LogP contribution < -0.4 is 4.74 Å². The van der Waals surface area contributed by atoms with Gasteiger partial charge in [-0.25, -0.2) is 0 Å². The molecule has 6 heteroatoms. The van der Waals surface area contributed by atoms with Crippen molar-refractivity contribution >= 4 is 18.4 Å². The summed E-state index contributed by atoms with van der Waals surface area (Å²) in [5.74, 6) is 1.21. The molecule has 1 saturated heterocycles. The van der Waals surface area contributed by atoms with E-state index in [1.165, 1.54) is 5.56 Å². The van der Waals surface area contributed by atoms with Crippen LogP contribution >= 0.6 is 12.4 Å². The number of carbonyl (C=O) groups is 1. The molecule has 0 bridgehead atoms. The van der Waals surface area contributed by atoms with E-state index in [0.717, 1.165) is 38.1 Å². The molecule has 2 unspecified atom stereocenters. The molecular formula is C21H34ClNO4. The molecule has 1 aromatic rings. The number of rotatable bonds is 9. The summed E-state index contributed by atoms with van der Waals surface area (Å²) in [5.41, 5.74) is 1.19. The number of aliphatic hydroxyl groups is 1. The number of nitrogens with zero attached hydrogens (tertiary/aromatic N) is 1. The molecule has 1 heterocycles. The number of hydrogen-bond donors (Lipinski definition) is 1. The van der Waals surface area contributed by atoms with Crippen molar-refractivity contribution in [2.75, 3.05) is 32.8 Å². The minimum absolute atomic E-state index is 0. The summed E-state index contributed by atoms with van der Waals surface area (Å²) in [6, 6.07) is 8.06. The van der Waals surface area contributed by atoms with Crippen LogP contribution in [0, 0.1) is 5.92 Å². The number of hydrogen-bond acceptors (Lipinski definition) is 5. The zero-order chi connectivity index (χ0) is 18.9. The summed E-state index contributed by atoms with van der Waals surface area (Å²) in [4.78, 5) is 14.0. The van der Waals surface area contributed by atoms with E-state index in [1.807, 2.05) is 25.1 Å². The van der Waals surface area contributed by atoms with Gasteiger partial charge in [-0.2, -0.15) is 0 Å². The van der Waals surface area contributed by atoms with E-state index in [4.69, 9.17) is 9.47 Å². The number of para-hydroxylation sites is 1. The van der Waals surface area contributed by atoms with Crippen molar-refractivity contribution in [2.24, 2.45) is 5.92 Å². The van der Waals surface area contributed by atoms with Gasteiger partial charge < -0.3 is 19.5 Å². The first-order valence-corrected chi connectivity index (χ1v) is 9.83. The maximum absolute atomic E-state index is 11.8. The van der Waals surface area contributed by atoms with E-state index in [2.05, 4.69) is 24.8 Å². The Morgan fingerprint density at radius 1 is 1.26 bits per heavy atom. The lowest BCUT2D eigenvalue weighted by atomic mass is 9.97. The molecule has 27 heavy (non-hydrogen) atoms. The van der Waals surface area contributed by atoms with Crippen LogP contribution in [0.15, 0.2) is 24.3 Å². The minimum atomic E-state index is -0.542. The molecule has 1 aromatic carbocycles. The van der Waals surface area contributed by atoms with Gasteiger partial charge in [0.1, 0.15) is 18.5 Å². The van der Waals surface area contributed by atoms with Gasteiger partial charge >= 0.3 is 5.97 Å². The van der Waals surface area contributed by atoms with Crippen molar-refractivity contribution in [3.05, 3.63) is 29.8 Å². The molecule has 5 nitrogen and oxygen atoms in total. The molecule has 2 atom stereocenters. The fourth-order valence-corrected chi connectivity index (χ4v) is 3.39. The van der Waals surface area contributed by atoms with Crippen LogP contribution in [0.5, 0.6) is 5.75 Å². The molecule has 0 amide bonds. The molecule has 1 aliphatic rings. The predicted molar refractivity (Wildman–Crippen MR) is 110 cm³/mol. The molecule has 0 aromatic heterocycles. The van der Waals surface area contributed by atoms with Crippen molar-refractivity contribution in [1.29, 1.82) is 0 Å². The smallest absolute Gasteiger partial charge is 0.309 e. The Morgan fingerprint density at radius 3 is 2.56 bits per heavy atom. The Hall–Kier alpha value is -1.30. The van der Waals surface area contributed by atoms with Crippen LogP contribution in [0.2, 0.25) is 0 Å². The SMILES string of the molecule is CCOC(=O)C1CCN(CC(O)COc2ccccc2C(C)CC)CC1.Cl. The lowest BCUT2D eigenvalue weighted by Crippen LogP contribution is -2.42. The Balaban J connectivity index is 0.00000364. The standard InChI is InChI=1S/C21H33NO4.ClH/c1-4-16(3)19-8-6-7-9-20(19)26-15-18(23)14-22-12-10-17(11-13-22)21(24)25-5-2;/h6-9,16-18,23H,4-5,10-15H2,1-3H3;1H. The topological polar surface area (TPSA) is 59.0 Å². The van der Waals surface area contributed by atoms with Gasteiger partial charge in [0, 0.05) is 6.54 Å². The summed E-state index contributed by atoms with van der Waals surface area (Å²) in [6.45, 7) is 9.10. The van der Waals surface area contributed by atoms with Crippen LogP contribution in [-0.4, -0.2) is 54.9 Å². The van der Waals surface area contributed by atoms with Crippen molar-refractivity contribution in [3.63, 3.8) is 0 Å². The van der Waals surface area contributed by atoms with Crippen LogP contribution in [0.1, 0.15) is 51.5 Å². The third kappa shape index (κ3) is 7.32. The second-order valence-corrected chi connectivity index (χ2v) is 7.14. The fraction of sp³-hybridized carbons (Fsp3) is 0.667. The number of aliphatic hydroxyl groups excluding tert-OH is 1. The number of esters is 1. The third-order valence-corrected chi connectivity index (χ3v) is 5.17. The number of halogens is 1. The molecule has 154 valence electrons. The summed E-state index contributed by atoms with van der Waals surface area (Å²) >= 11 is 0. The van der Waals surface area contributed by atoms with Crippen LogP contribution in [0.25, 0.3) is 0 Å². The van der Waals surface area contributed by atoms with Gasteiger partial charge in [-0.3, -0.25) is 4.79 Å². The molecule has 0 radical (unpaired) electrons. The highest BCUT2D eigenvalue weighted by molar-refractivity contribution is 5.85. The van der Waals surface area contributed by atoms with E-state index in [0.29, 0.717) is 19.1 Å². The van der Waals surface area contributed by atoms with E-state index in [1.54, 1.807) is 0 Å². The van der Waals surface area contributed by atoms with Crippen LogP contribution in [-0.2, 0) is 9.53 Å². The Morgan fingerprint density at radius 2 is 1.93 bits per heavy atom. The van der Waals surface area contributed by atoms with Gasteiger partial charge in [0.05, 0.1) is 12.5 Å². The van der Waals surface area contributed by atoms with Gasteiger partial charge in [0.25, 0.3) is 0 Å². The summed E-state index contributed by atoms with van der Waals surface area (Å²) in [5, 5.41) is 10.4. The molecule has 1 N–H and O–H groups in total. The highest BCUT2D eigenvalue weighted by Crippen LogP contribution is 2.28. The number of piperidine rings is 1. The first-order chi connectivity index (χ1) is 12.5.